The van der Waals surface area contributed by atoms with Gasteiger partial charge in [-0.25, -0.2) is 4.85 Å². The van der Waals surface area contributed by atoms with Gasteiger partial charge in [-0.2, -0.15) is 0 Å². The maximum absolute atomic E-state index is 7.64. The molecule has 218 valence electrons. The molecule has 0 amide bonds. The molecule has 0 atom stereocenters. The fourth-order valence-corrected chi connectivity index (χ4v) is 7.27. The van der Waals surface area contributed by atoms with Gasteiger partial charge in [0.2, 0.25) is 0 Å². The van der Waals surface area contributed by atoms with Gasteiger partial charge in [0.25, 0.3) is 0 Å². The van der Waals surface area contributed by atoms with E-state index in [1.54, 1.807) is 0 Å². The fraction of sp³-hybridized carbons (Fsp3) is 0. The van der Waals surface area contributed by atoms with Crippen LogP contribution in [-0.4, -0.2) is 4.57 Å². The first kappa shape index (κ1) is 25.7. The molecule has 0 bridgehead atoms. The molecule has 0 saturated heterocycles. The summed E-state index contributed by atoms with van der Waals surface area (Å²) >= 11 is 0. The molecule has 0 radical (unpaired) electrons. The van der Waals surface area contributed by atoms with Crippen molar-refractivity contribution < 1.29 is 8.83 Å². The van der Waals surface area contributed by atoms with E-state index in [1.165, 1.54) is 0 Å². The van der Waals surface area contributed by atoms with E-state index in [4.69, 9.17) is 15.4 Å². The molecule has 10 rings (SSSR count). The van der Waals surface area contributed by atoms with Crippen molar-refractivity contribution in [1.82, 2.24) is 4.57 Å². The SMILES string of the molecule is [C-]#[N+]c1ccc2c(c1)c1cc(-c3ccc4oc5c(-c6cccc7c6oc6ccccc67)cccc5c4c3)ccc1n2-c1ccccc1. The predicted molar refractivity (Wildman–Crippen MR) is 192 cm³/mol. The van der Waals surface area contributed by atoms with Gasteiger partial charge >= 0.3 is 0 Å². The molecular weight excluding hydrogens is 576 g/mol. The third-order valence-electron chi connectivity index (χ3n) is 9.42. The number of benzene rings is 7. The Morgan fingerprint density at radius 3 is 1.77 bits per heavy atom. The number of fused-ring (bicyclic) bond motifs is 9. The smallest absolute Gasteiger partial charge is 0.188 e. The molecule has 0 N–H and O–H groups in total. The second-order valence-corrected chi connectivity index (χ2v) is 12.0. The van der Waals surface area contributed by atoms with Crippen LogP contribution in [0.1, 0.15) is 0 Å². The van der Waals surface area contributed by atoms with Gasteiger partial charge in [0.15, 0.2) is 5.69 Å². The summed E-state index contributed by atoms with van der Waals surface area (Å²) < 4.78 is 15.2. The summed E-state index contributed by atoms with van der Waals surface area (Å²) in [5.74, 6) is 0. The highest BCUT2D eigenvalue weighted by Gasteiger charge is 2.18. The largest absolute Gasteiger partial charge is 0.455 e. The highest BCUT2D eigenvalue weighted by molar-refractivity contribution is 6.16. The predicted octanol–water partition coefficient (Wildman–Crippen LogP) is 12.5. The summed E-state index contributed by atoms with van der Waals surface area (Å²) in [6, 6.07) is 50.3. The highest BCUT2D eigenvalue weighted by Crippen LogP contribution is 2.42. The Labute approximate surface area is 269 Å². The molecule has 3 aromatic heterocycles. The summed E-state index contributed by atoms with van der Waals surface area (Å²) in [4.78, 5) is 3.73. The summed E-state index contributed by atoms with van der Waals surface area (Å²) in [6.45, 7) is 7.64. The lowest BCUT2D eigenvalue weighted by Crippen LogP contribution is -1.92. The average molecular weight is 601 g/mol. The molecule has 10 aromatic rings. The average Bonchev–Trinajstić information content (AvgIpc) is 3.80. The molecule has 0 fully saturated rings. The van der Waals surface area contributed by atoms with Gasteiger partial charge < -0.3 is 13.4 Å². The van der Waals surface area contributed by atoms with E-state index in [9.17, 15) is 0 Å². The Morgan fingerprint density at radius 1 is 0.447 bits per heavy atom. The fourth-order valence-electron chi connectivity index (χ4n) is 7.27. The van der Waals surface area contributed by atoms with E-state index < -0.39 is 0 Å². The van der Waals surface area contributed by atoms with Gasteiger partial charge in [-0.3, -0.25) is 0 Å². The maximum Gasteiger partial charge on any atom is 0.188 e. The molecule has 4 heteroatoms. The maximum atomic E-state index is 7.64. The first-order valence-electron chi connectivity index (χ1n) is 15.6. The molecule has 0 aliphatic heterocycles. The van der Waals surface area contributed by atoms with Crippen molar-refractivity contribution in [2.75, 3.05) is 0 Å². The van der Waals surface area contributed by atoms with Crippen LogP contribution in [0.3, 0.4) is 0 Å². The summed E-state index contributed by atoms with van der Waals surface area (Å²) in [7, 11) is 0. The van der Waals surface area contributed by atoms with Crippen LogP contribution in [0.15, 0.2) is 154 Å². The quantitative estimate of drug-likeness (QED) is 0.189. The summed E-state index contributed by atoms with van der Waals surface area (Å²) in [5, 5.41) is 6.53. The van der Waals surface area contributed by atoms with Gasteiger partial charge in [-0.05, 0) is 71.1 Å². The number of rotatable bonds is 3. The van der Waals surface area contributed by atoms with E-state index in [2.05, 4.69) is 119 Å². The number of furan rings is 2. The molecule has 3 heterocycles. The topological polar surface area (TPSA) is 35.6 Å². The molecule has 0 spiro atoms. The van der Waals surface area contributed by atoms with E-state index in [0.717, 1.165) is 93.6 Å². The van der Waals surface area contributed by atoms with Gasteiger partial charge in [-0.1, -0.05) is 91.0 Å². The lowest BCUT2D eigenvalue weighted by molar-refractivity contribution is 0.665. The number of aromatic nitrogens is 1. The minimum absolute atomic E-state index is 0.635. The van der Waals surface area contributed by atoms with Crippen molar-refractivity contribution in [1.29, 1.82) is 0 Å². The van der Waals surface area contributed by atoms with Crippen molar-refractivity contribution in [2.24, 2.45) is 0 Å². The molecule has 0 aliphatic carbocycles. The highest BCUT2D eigenvalue weighted by atomic mass is 16.3. The van der Waals surface area contributed by atoms with E-state index in [-0.39, 0.29) is 0 Å². The van der Waals surface area contributed by atoms with Gasteiger partial charge in [-0.15, -0.1) is 0 Å². The lowest BCUT2D eigenvalue weighted by Gasteiger charge is -2.08. The Hall–Kier alpha value is -6.57. The second kappa shape index (κ2) is 9.71. The van der Waals surface area contributed by atoms with Crippen molar-refractivity contribution in [3.8, 4) is 27.9 Å². The minimum Gasteiger partial charge on any atom is -0.455 e. The first-order valence-corrected chi connectivity index (χ1v) is 15.6. The van der Waals surface area contributed by atoms with Crippen LogP contribution < -0.4 is 0 Å². The standard InChI is InChI=1S/C43H24N2O2/c1-44-28-19-21-39-36(25-28)35-23-26(17-20-38(35)45(39)29-9-3-2-4-10-29)27-18-22-41-37(24-27)34-15-8-14-33(43(34)47-41)32-13-7-12-31-30-11-5-6-16-40(30)46-42(31)32/h2-25H. The monoisotopic (exact) mass is 600 g/mol. The molecule has 4 nitrogen and oxygen atoms in total. The summed E-state index contributed by atoms with van der Waals surface area (Å²) in [5.41, 5.74) is 11.6. The molecule has 0 unspecified atom stereocenters. The van der Waals surface area contributed by atoms with Gasteiger partial charge in [0.05, 0.1) is 17.6 Å². The first-order chi connectivity index (χ1) is 23.2. The Kier molecular flexibility index (Phi) is 5.32. The second-order valence-electron chi connectivity index (χ2n) is 12.0. The third kappa shape index (κ3) is 3.75. The number of para-hydroxylation sites is 4. The van der Waals surface area contributed by atoms with E-state index >= 15 is 0 Å². The van der Waals surface area contributed by atoms with Crippen LogP contribution in [-0.2, 0) is 0 Å². The number of hydrogen-bond donors (Lipinski definition) is 0. The lowest BCUT2D eigenvalue weighted by atomic mass is 9.98. The van der Waals surface area contributed by atoms with Crippen LogP contribution in [0.25, 0.3) is 98.5 Å². The van der Waals surface area contributed by atoms with E-state index in [0.29, 0.717) is 5.69 Å². The zero-order valence-electron chi connectivity index (χ0n) is 25.1. The minimum atomic E-state index is 0.635. The van der Waals surface area contributed by atoms with Crippen molar-refractivity contribution in [3.63, 3.8) is 0 Å². The van der Waals surface area contributed by atoms with Crippen LogP contribution in [0.4, 0.5) is 5.69 Å². The van der Waals surface area contributed by atoms with Crippen molar-refractivity contribution >= 4 is 71.4 Å². The zero-order valence-corrected chi connectivity index (χ0v) is 25.1. The van der Waals surface area contributed by atoms with Crippen LogP contribution in [0, 0.1) is 6.57 Å². The molecule has 47 heavy (non-hydrogen) atoms. The Morgan fingerprint density at radius 2 is 1.02 bits per heavy atom. The number of hydrogen-bond acceptors (Lipinski definition) is 2. The zero-order chi connectivity index (χ0) is 31.1. The summed E-state index contributed by atoms with van der Waals surface area (Å²) in [6.07, 6.45) is 0. The van der Waals surface area contributed by atoms with Gasteiger partial charge in [0.1, 0.15) is 22.3 Å². The number of nitrogens with zero attached hydrogens (tertiary/aromatic N) is 2. The van der Waals surface area contributed by atoms with Crippen molar-refractivity contribution in [2.45, 2.75) is 0 Å². The molecular formula is C43H24N2O2. The van der Waals surface area contributed by atoms with Crippen LogP contribution in [0.2, 0.25) is 0 Å². The molecule has 7 aromatic carbocycles. The van der Waals surface area contributed by atoms with Crippen LogP contribution >= 0.6 is 0 Å². The molecule has 0 aliphatic rings. The Balaban J connectivity index is 1.16. The van der Waals surface area contributed by atoms with E-state index in [1.807, 2.05) is 36.4 Å². The van der Waals surface area contributed by atoms with Crippen LogP contribution in [0.5, 0.6) is 0 Å². The Bertz CT molecular complexity index is 2920. The normalized spacial score (nSPS) is 11.8. The third-order valence-corrected chi connectivity index (χ3v) is 9.42. The van der Waals surface area contributed by atoms with Crippen molar-refractivity contribution in [3.05, 3.63) is 157 Å². The molecule has 0 saturated carbocycles. The van der Waals surface area contributed by atoms with Gasteiger partial charge in [0, 0.05) is 43.7 Å².